The third-order valence-corrected chi connectivity index (χ3v) is 3.70. The van der Waals surface area contributed by atoms with Crippen LogP contribution < -0.4 is 14.8 Å². The van der Waals surface area contributed by atoms with Crippen molar-refractivity contribution in [3.05, 3.63) is 40.3 Å². The monoisotopic (exact) mass is 306 g/mol. The molecule has 1 aromatic carbocycles. The summed E-state index contributed by atoms with van der Waals surface area (Å²) < 4.78 is 11.0. The lowest BCUT2D eigenvalue weighted by Crippen LogP contribution is -2.33. The topological polar surface area (TPSA) is 60.5 Å². The van der Waals surface area contributed by atoms with E-state index in [1.807, 2.05) is 38.1 Å². The first-order valence-corrected chi connectivity index (χ1v) is 7.42. The van der Waals surface area contributed by atoms with Crippen molar-refractivity contribution in [1.82, 2.24) is 10.3 Å². The molecule has 0 aliphatic rings. The number of hydrogen-bond acceptors (Lipinski definition) is 5. The Labute approximate surface area is 127 Å². The molecule has 0 spiro atoms. The van der Waals surface area contributed by atoms with Gasteiger partial charge < -0.3 is 14.8 Å². The molecular weight excluding hydrogens is 288 g/mol. The molecule has 0 radical (unpaired) electrons. The Morgan fingerprint density at radius 1 is 1.38 bits per heavy atom. The SMILES string of the molecule is COc1ccccc1O[C@H](C)CNC(=O)c1cnc(C)s1. The fraction of sp³-hybridized carbons (Fsp3) is 0.333. The van der Waals surface area contributed by atoms with E-state index >= 15 is 0 Å². The van der Waals surface area contributed by atoms with E-state index in [2.05, 4.69) is 10.3 Å². The highest BCUT2D eigenvalue weighted by Crippen LogP contribution is 2.26. The number of aromatic nitrogens is 1. The Kier molecular flexibility index (Phi) is 5.16. The first kappa shape index (κ1) is 15.3. The van der Waals surface area contributed by atoms with Gasteiger partial charge in [0.05, 0.1) is 24.9 Å². The van der Waals surface area contributed by atoms with Gasteiger partial charge in [0, 0.05) is 0 Å². The van der Waals surface area contributed by atoms with Crippen molar-refractivity contribution < 1.29 is 14.3 Å². The molecule has 1 heterocycles. The van der Waals surface area contributed by atoms with E-state index in [0.29, 0.717) is 22.9 Å². The van der Waals surface area contributed by atoms with Crippen LogP contribution >= 0.6 is 11.3 Å². The third-order valence-electron chi connectivity index (χ3n) is 2.79. The van der Waals surface area contributed by atoms with Crippen LogP contribution in [0.2, 0.25) is 0 Å². The molecule has 1 aromatic heterocycles. The van der Waals surface area contributed by atoms with E-state index in [9.17, 15) is 4.79 Å². The number of benzene rings is 1. The van der Waals surface area contributed by atoms with Gasteiger partial charge in [0.15, 0.2) is 11.5 Å². The Bertz CT molecular complexity index is 612. The molecule has 112 valence electrons. The zero-order valence-electron chi connectivity index (χ0n) is 12.3. The summed E-state index contributed by atoms with van der Waals surface area (Å²) in [6.45, 7) is 4.17. The second-order valence-electron chi connectivity index (χ2n) is 4.53. The van der Waals surface area contributed by atoms with E-state index in [0.717, 1.165) is 5.01 Å². The zero-order valence-corrected chi connectivity index (χ0v) is 13.1. The average molecular weight is 306 g/mol. The molecule has 1 atom stereocenters. The molecule has 1 amide bonds. The van der Waals surface area contributed by atoms with E-state index in [4.69, 9.17) is 9.47 Å². The molecule has 5 nitrogen and oxygen atoms in total. The van der Waals surface area contributed by atoms with Crippen LogP contribution in [0.3, 0.4) is 0 Å². The molecule has 1 N–H and O–H groups in total. The number of nitrogens with one attached hydrogen (secondary N) is 1. The van der Waals surface area contributed by atoms with Gasteiger partial charge in [-0.05, 0) is 26.0 Å². The van der Waals surface area contributed by atoms with Gasteiger partial charge in [-0.15, -0.1) is 11.3 Å². The van der Waals surface area contributed by atoms with Crippen molar-refractivity contribution in [2.24, 2.45) is 0 Å². The van der Waals surface area contributed by atoms with Crippen molar-refractivity contribution in [2.45, 2.75) is 20.0 Å². The van der Waals surface area contributed by atoms with Crippen LogP contribution in [0.1, 0.15) is 21.6 Å². The van der Waals surface area contributed by atoms with Gasteiger partial charge in [-0.2, -0.15) is 0 Å². The number of thiazole rings is 1. The summed E-state index contributed by atoms with van der Waals surface area (Å²) in [5.74, 6) is 1.21. The first-order chi connectivity index (χ1) is 10.1. The van der Waals surface area contributed by atoms with Gasteiger partial charge in [0.2, 0.25) is 0 Å². The molecule has 0 saturated heterocycles. The number of carbonyl (C=O) groups excluding carboxylic acids is 1. The summed E-state index contributed by atoms with van der Waals surface area (Å²) in [5.41, 5.74) is 0. The van der Waals surface area contributed by atoms with Crippen molar-refractivity contribution in [3.63, 3.8) is 0 Å². The standard InChI is InChI=1S/C15H18N2O3S/c1-10(20-13-7-5-4-6-12(13)19-3)8-17-15(18)14-9-16-11(2)21-14/h4-7,9-10H,8H2,1-3H3,(H,17,18)/t10-/m1/s1. The zero-order chi connectivity index (χ0) is 15.2. The minimum absolute atomic E-state index is 0.129. The molecule has 2 aromatic rings. The second-order valence-corrected chi connectivity index (χ2v) is 5.77. The van der Waals surface area contributed by atoms with E-state index in [-0.39, 0.29) is 12.0 Å². The minimum Gasteiger partial charge on any atom is -0.493 e. The van der Waals surface area contributed by atoms with Crippen molar-refractivity contribution in [2.75, 3.05) is 13.7 Å². The summed E-state index contributed by atoms with van der Waals surface area (Å²) in [6, 6.07) is 7.43. The molecular formula is C15H18N2O3S. The van der Waals surface area contributed by atoms with E-state index in [1.54, 1.807) is 13.3 Å². The normalized spacial score (nSPS) is 11.8. The number of ether oxygens (including phenoxy) is 2. The first-order valence-electron chi connectivity index (χ1n) is 6.60. The Morgan fingerprint density at radius 3 is 2.71 bits per heavy atom. The Balaban J connectivity index is 1.87. The van der Waals surface area contributed by atoms with Gasteiger partial charge in [0.25, 0.3) is 5.91 Å². The lowest BCUT2D eigenvalue weighted by Gasteiger charge is -2.17. The minimum atomic E-state index is -0.167. The maximum atomic E-state index is 11.9. The molecule has 0 bridgehead atoms. The quantitative estimate of drug-likeness (QED) is 0.891. The largest absolute Gasteiger partial charge is 0.493 e. The van der Waals surface area contributed by atoms with Crippen LogP contribution in [0, 0.1) is 6.92 Å². The van der Waals surface area contributed by atoms with Crippen LogP contribution in [-0.2, 0) is 0 Å². The number of hydrogen-bond donors (Lipinski definition) is 1. The number of nitrogens with zero attached hydrogens (tertiary/aromatic N) is 1. The summed E-state index contributed by atoms with van der Waals surface area (Å²) in [4.78, 5) is 16.6. The Morgan fingerprint density at radius 2 is 2.10 bits per heavy atom. The third kappa shape index (κ3) is 4.19. The number of para-hydroxylation sites is 2. The van der Waals surface area contributed by atoms with Crippen molar-refractivity contribution in [3.8, 4) is 11.5 Å². The van der Waals surface area contributed by atoms with Gasteiger partial charge in [-0.25, -0.2) is 4.98 Å². The van der Waals surface area contributed by atoms with Crippen LogP contribution in [0.15, 0.2) is 30.5 Å². The summed E-state index contributed by atoms with van der Waals surface area (Å²) >= 11 is 1.37. The van der Waals surface area contributed by atoms with Crippen LogP contribution in [0.25, 0.3) is 0 Å². The number of methoxy groups -OCH3 is 1. The van der Waals surface area contributed by atoms with Crippen LogP contribution in [0.5, 0.6) is 11.5 Å². The molecule has 0 fully saturated rings. The molecule has 6 heteroatoms. The van der Waals surface area contributed by atoms with Gasteiger partial charge in [0.1, 0.15) is 11.0 Å². The number of rotatable bonds is 6. The lowest BCUT2D eigenvalue weighted by atomic mass is 10.3. The molecule has 0 aliphatic heterocycles. The second kappa shape index (κ2) is 7.08. The fourth-order valence-electron chi connectivity index (χ4n) is 1.76. The van der Waals surface area contributed by atoms with Gasteiger partial charge in [-0.1, -0.05) is 12.1 Å². The van der Waals surface area contributed by atoms with E-state index < -0.39 is 0 Å². The predicted molar refractivity (Wildman–Crippen MR) is 82.3 cm³/mol. The number of carbonyl (C=O) groups is 1. The summed E-state index contributed by atoms with van der Waals surface area (Å²) in [6.07, 6.45) is 1.42. The maximum Gasteiger partial charge on any atom is 0.263 e. The maximum absolute atomic E-state index is 11.9. The lowest BCUT2D eigenvalue weighted by molar-refractivity contribution is 0.0935. The number of amides is 1. The molecule has 0 unspecified atom stereocenters. The summed E-state index contributed by atoms with van der Waals surface area (Å²) in [5, 5.41) is 3.71. The van der Waals surface area contributed by atoms with Crippen molar-refractivity contribution >= 4 is 17.2 Å². The molecule has 0 saturated carbocycles. The highest BCUT2D eigenvalue weighted by atomic mass is 32.1. The summed E-state index contributed by atoms with van der Waals surface area (Å²) in [7, 11) is 1.60. The number of aryl methyl sites for hydroxylation is 1. The Hall–Kier alpha value is -2.08. The van der Waals surface area contributed by atoms with Crippen LogP contribution in [0.4, 0.5) is 0 Å². The van der Waals surface area contributed by atoms with Crippen molar-refractivity contribution in [1.29, 1.82) is 0 Å². The smallest absolute Gasteiger partial charge is 0.263 e. The average Bonchev–Trinajstić information content (AvgIpc) is 2.92. The highest BCUT2D eigenvalue weighted by molar-refractivity contribution is 7.13. The molecule has 0 aliphatic carbocycles. The molecule has 21 heavy (non-hydrogen) atoms. The fourth-order valence-corrected chi connectivity index (χ4v) is 2.46. The van der Waals surface area contributed by atoms with Gasteiger partial charge in [-0.3, -0.25) is 4.79 Å². The highest BCUT2D eigenvalue weighted by Gasteiger charge is 2.12. The van der Waals surface area contributed by atoms with E-state index in [1.165, 1.54) is 11.3 Å². The van der Waals surface area contributed by atoms with Gasteiger partial charge >= 0.3 is 0 Å². The predicted octanol–water partition coefficient (Wildman–Crippen LogP) is 2.66. The molecule has 2 rings (SSSR count). The van der Waals surface area contributed by atoms with Crippen LogP contribution in [-0.4, -0.2) is 30.6 Å².